The second kappa shape index (κ2) is 6.13. The largest absolute Gasteiger partial charge is 0.339 e. The summed E-state index contributed by atoms with van der Waals surface area (Å²) < 4.78 is 5.46. The van der Waals surface area contributed by atoms with Crippen molar-refractivity contribution in [1.82, 2.24) is 20.4 Å². The number of hydrogen-bond acceptors (Lipinski definition) is 5. The molecule has 1 aliphatic rings. The van der Waals surface area contributed by atoms with Gasteiger partial charge < -0.3 is 9.84 Å². The van der Waals surface area contributed by atoms with E-state index in [1.165, 1.54) is 0 Å². The van der Waals surface area contributed by atoms with E-state index in [9.17, 15) is 0 Å². The minimum absolute atomic E-state index is 0.0341. The average molecular weight is 307 g/mol. The van der Waals surface area contributed by atoms with E-state index in [4.69, 9.17) is 16.1 Å². The molecule has 1 aromatic heterocycles. The smallest absolute Gasteiger partial charge is 0.233 e. The van der Waals surface area contributed by atoms with E-state index in [0.717, 1.165) is 36.0 Å². The molecule has 0 spiro atoms. The van der Waals surface area contributed by atoms with Gasteiger partial charge in [-0.3, -0.25) is 4.90 Å². The lowest BCUT2D eigenvalue weighted by molar-refractivity contribution is 0.190. The minimum Gasteiger partial charge on any atom is -0.339 e. The summed E-state index contributed by atoms with van der Waals surface area (Å²) in [7, 11) is 2.09. The van der Waals surface area contributed by atoms with Gasteiger partial charge in [-0.25, -0.2) is 0 Å². The van der Waals surface area contributed by atoms with Gasteiger partial charge in [0.15, 0.2) is 5.82 Å². The highest BCUT2D eigenvalue weighted by Crippen LogP contribution is 2.26. The number of hydrogen-bond donors (Lipinski definition) is 1. The molecule has 1 aliphatic heterocycles. The topological polar surface area (TPSA) is 54.2 Å². The van der Waals surface area contributed by atoms with Gasteiger partial charge in [-0.1, -0.05) is 28.9 Å². The third-order valence-corrected chi connectivity index (χ3v) is 4.22. The van der Waals surface area contributed by atoms with Crippen LogP contribution in [0.1, 0.15) is 36.2 Å². The third-order valence-electron chi connectivity index (χ3n) is 3.99. The van der Waals surface area contributed by atoms with Crippen molar-refractivity contribution in [2.24, 2.45) is 0 Å². The first-order valence-corrected chi connectivity index (χ1v) is 7.53. The van der Waals surface area contributed by atoms with Gasteiger partial charge in [0.1, 0.15) is 0 Å². The van der Waals surface area contributed by atoms with Crippen LogP contribution in [0.25, 0.3) is 0 Å². The fourth-order valence-corrected chi connectivity index (χ4v) is 2.77. The Bertz CT molecular complexity index is 615. The molecule has 2 heterocycles. The summed E-state index contributed by atoms with van der Waals surface area (Å²) in [6, 6.07) is 7.92. The van der Waals surface area contributed by atoms with Crippen LogP contribution in [0.4, 0.5) is 0 Å². The summed E-state index contributed by atoms with van der Waals surface area (Å²) in [4.78, 5) is 6.83. The maximum absolute atomic E-state index is 6.04. The number of aromatic nitrogens is 2. The summed E-state index contributed by atoms with van der Waals surface area (Å²) >= 11 is 6.04. The average Bonchev–Trinajstić information content (AvgIpc) is 2.96. The van der Waals surface area contributed by atoms with Gasteiger partial charge >= 0.3 is 0 Å². The number of benzene rings is 1. The monoisotopic (exact) mass is 306 g/mol. The van der Waals surface area contributed by atoms with Gasteiger partial charge in [-0.2, -0.15) is 4.98 Å². The Balaban J connectivity index is 1.81. The molecule has 0 saturated carbocycles. The Labute approximate surface area is 129 Å². The quantitative estimate of drug-likeness (QED) is 0.944. The van der Waals surface area contributed by atoms with Gasteiger partial charge in [-0.05, 0) is 31.7 Å². The van der Waals surface area contributed by atoms with E-state index in [-0.39, 0.29) is 12.0 Å². The highest BCUT2D eigenvalue weighted by molar-refractivity contribution is 6.30. The molecule has 2 unspecified atom stereocenters. The van der Waals surface area contributed by atoms with Crippen LogP contribution in [-0.2, 0) is 0 Å². The van der Waals surface area contributed by atoms with Crippen molar-refractivity contribution < 1.29 is 4.52 Å². The summed E-state index contributed by atoms with van der Waals surface area (Å²) in [6.45, 7) is 4.88. The Hall–Kier alpha value is -1.43. The summed E-state index contributed by atoms with van der Waals surface area (Å²) in [6.07, 6.45) is 0. The fraction of sp³-hybridized carbons (Fsp3) is 0.467. The minimum atomic E-state index is 0.0341. The molecule has 0 aliphatic carbocycles. The van der Waals surface area contributed by atoms with E-state index in [1.807, 2.05) is 31.2 Å². The zero-order valence-corrected chi connectivity index (χ0v) is 13.0. The lowest BCUT2D eigenvalue weighted by Gasteiger charge is -2.30. The van der Waals surface area contributed by atoms with E-state index in [0.29, 0.717) is 5.89 Å². The molecule has 0 radical (unpaired) electrons. The van der Waals surface area contributed by atoms with Gasteiger partial charge in [-0.15, -0.1) is 0 Å². The van der Waals surface area contributed by atoms with Crippen molar-refractivity contribution in [2.75, 3.05) is 26.7 Å². The molecule has 6 heteroatoms. The van der Waals surface area contributed by atoms with Crippen LogP contribution < -0.4 is 5.32 Å². The summed E-state index contributed by atoms with van der Waals surface area (Å²) in [5, 5.41) is 8.24. The molecule has 2 atom stereocenters. The van der Waals surface area contributed by atoms with Crippen molar-refractivity contribution >= 4 is 11.6 Å². The van der Waals surface area contributed by atoms with Crippen LogP contribution in [-0.4, -0.2) is 41.7 Å². The number of piperazine rings is 1. The van der Waals surface area contributed by atoms with Crippen LogP contribution >= 0.6 is 11.6 Å². The van der Waals surface area contributed by atoms with Crippen molar-refractivity contribution in [2.45, 2.75) is 18.9 Å². The van der Waals surface area contributed by atoms with Crippen molar-refractivity contribution in [1.29, 1.82) is 0 Å². The first-order chi connectivity index (χ1) is 10.1. The van der Waals surface area contributed by atoms with Gasteiger partial charge in [0, 0.05) is 24.7 Å². The molecule has 5 nitrogen and oxygen atoms in total. The van der Waals surface area contributed by atoms with Crippen LogP contribution in [0.3, 0.4) is 0 Å². The van der Waals surface area contributed by atoms with E-state index >= 15 is 0 Å². The normalized spacial score (nSPS) is 21.4. The SMILES string of the molecule is CC(c1cccc(Cl)c1)c1nc(C2CNCCN2C)no1. The number of nitrogens with zero attached hydrogens (tertiary/aromatic N) is 3. The van der Waals surface area contributed by atoms with Gasteiger partial charge in [0.2, 0.25) is 5.89 Å². The van der Waals surface area contributed by atoms with Gasteiger partial charge in [0.05, 0.1) is 12.0 Å². The van der Waals surface area contributed by atoms with Crippen molar-refractivity contribution in [3.8, 4) is 0 Å². The molecule has 0 amide bonds. The number of halogens is 1. The van der Waals surface area contributed by atoms with E-state index in [2.05, 4.69) is 27.4 Å². The molecule has 21 heavy (non-hydrogen) atoms. The molecule has 0 bridgehead atoms. The lowest BCUT2D eigenvalue weighted by Crippen LogP contribution is -2.44. The second-order valence-electron chi connectivity index (χ2n) is 5.47. The molecule has 1 fully saturated rings. The molecular weight excluding hydrogens is 288 g/mol. The van der Waals surface area contributed by atoms with E-state index < -0.39 is 0 Å². The number of nitrogens with one attached hydrogen (secondary N) is 1. The van der Waals surface area contributed by atoms with Crippen molar-refractivity contribution in [3.05, 3.63) is 46.6 Å². The second-order valence-corrected chi connectivity index (χ2v) is 5.90. The Morgan fingerprint density at radius 2 is 2.33 bits per heavy atom. The molecule has 3 rings (SSSR count). The van der Waals surface area contributed by atoms with Crippen LogP contribution in [0, 0.1) is 0 Å². The number of likely N-dealkylation sites (N-methyl/N-ethyl adjacent to an activating group) is 1. The Kier molecular flexibility index (Phi) is 4.24. The third kappa shape index (κ3) is 3.10. The molecule has 1 saturated heterocycles. The Morgan fingerprint density at radius 1 is 1.48 bits per heavy atom. The molecule has 112 valence electrons. The summed E-state index contributed by atoms with van der Waals surface area (Å²) in [5.74, 6) is 1.41. The zero-order valence-electron chi connectivity index (χ0n) is 12.2. The van der Waals surface area contributed by atoms with Crippen LogP contribution in [0.5, 0.6) is 0 Å². The first-order valence-electron chi connectivity index (χ1n) is 7.15. The fourth-order valence-electron chi connectivity index (χ4n) is 2.57. The highest BCUT2D eigenvalue weighted by atomic mass is 35.5. The van der Waals surface area contributed by atoms with Crippen LogP contribution in [0.2, 0.25) is 5.02 Å². The predicted octanol–water partition coefficient (Wildman–Crippen LogP) is 2.45. The Morgan fingerprint density at radius 3 is 3.10 bits per heavy atom. The predicted molar refractivity (Wildman–Crippen MR) is 81.5 cm³/mol. The first kappa shape index (κ1) is 14.5. The molecule has 1 aromatic carbocycles. The standard InChI is InChI=1S/C15H19ClN4O/c1-10(11-4-3-5-12(16)8-11)15-18-14(19-21-15)13-9-17-6-7-20(13)2/h3-5,8,10,13,17H,6-7,9H2,1-2H3. The molecule has 1 N–H and O–H groups in total. The zero-order chi connectivity index (χ0) is 14.8. The molecule has 2 aromatic rings. The molecular formula is C15H19ClN4O. The maximum atomic E-state index is 6.04. The van der Waals surface area contributed by atoms with Crippen molar-refractivity contribution in [3.63, 3.8) is 0 Å². The maximum Gasteiger partial charge on any atom is 0.233 e. The lowest BCUT2D eigenvalue weighted by atomic mass is 10.0. The van der Waals surface area contributed by atoms with Gasteiger partial charge in [0.25, 0.3) is 0 Å². The summed E-state index contributed by atoms with van der Waals surface area (Å²) in [5.41, 5.74) is 1.08. The highest BCUT2D eigenvalue weighted by Gasteiger charge is 2.26. The van der Waals surface area contributed by atoms with Crippen LogP contribution in [0.15, 0.2) is 28.8 Å². The van der Waals surface area contributed by atoms with E-state index in [1.54, 1.807) is 0 Å². The number of rotatable bonds is 3.